The minimum absolute atomic E-state index is 0.541. The highest BCUT2D eigenvalue weighted by molar-refractivity contribution is 7.80. The van der Waals surface area contributed by atoms with E-state index in [4.69, 9.17) is 28.2 Å². The van der Waals surface area contributed by atoms with Crippen molar-refractivity contribution in [2.24, 2.45) is 0 Å². The number of hydrazine groups is 1. The van der Waals surface area contributed by atoms with Crippen LogP contribution in [0.4, 0.5) is 0 Å². The van der Waals surface area contributed by atoms with Crippen molar-refractivity contribution in [1.29, 1.82) is 0 Å². The first-order chi connectivity index (χ1) is 12.2. The van der Waals surface area contributed by atoms with Gasteiger partial charge in [0.2, 0.25) is 0 Å². The second kappa shape index (κ2) is 8.89. The van der Waals surface area contributed by atoms with Crippen LogP contribution in [0.2, 0.25) is 5.02 Å². The van der Waals surface area contributed by atoms with E-state index >= 15 is 0 Å². The highest BCUT2D eigenvalue weighted by Gasteiger charge is 2.15. The van der Waals surface area contributed by atoms with Gasteiger partial charge in [-0.2, -0.15) is 0 Å². The Labute approximate surface area is 158 Å². The van der Waals surface area contributed by atoms with E-state index in [1.807, 2.05) is 24.3 Å². The summed E-state index contributed by atoms with van der Waals surface area (Å²) in [6.07, 6.45) is 4.96. The summed E-state index contributed by atoms with van der Waals surface area (Å²) in [4.78, 5) is 2.36. The van der Waals surface area contributed by atoms with E-state index < -0.39 is 0 Å². The summed E-state index contributed by atoms with van der Waals surface area (Å²) in [5.41, 5.74) is 8.69. The number of nitrogens with zero attached hydrogens (tertiary/aromatic N) is 1. The molecule has 0 spiro atoms. The van der Waals surface area contributed by atoms with E-state index in [2.05, 4.69) is 39.3 Å². The van der Waals surface area contributed by atoms with Crippen molar-refractivity contribution in [3.8, 4) is 0 Å². The van der Waals surface area contributed by atoms with Gasteiger partial charge >= 0.3 is 0 Å². The van der Waals surface area contributed by atoms with E-state index in [0.29, 0.717) is 18.2 Å². The molecule has 25 heavy (non-hydrogen) atoms. The number of furan rings is 1. The van der Waals surface area contributed by atoms with Gasteiger partial charge < -0.3 is 14.6 Å². The standard InChI is InChI=1S/C18H21ClN4OS/c19-15-7-5-14(6-8-15)13-23-9-1-3-16(23)11-21-22-18(25)20-12-17-4-2-10-24-17/h2-8,10,21H,1,9,11-13H2,(H2,20,22,25). The second-order valence-corrected chi connectivity index (χ2v) is 6.62. The molecule has 132 valence electrons. The largest absolute Gasteiger partial charge is 0.467 e. The fourth-order valence-electron chi connectivity index (χ4n) is 2.67. The number of nitrogens with one attached hydrogen (secondary N) is 3. The van der Waals surface area contributed by atoms with Crippen LogP contribution in [0.25, 0.3) is 0 Å². The van der Waals surface area contributed by atoms with E-state index in [0.717, 1.165) is 30.3 Å². The monoisotopic (exact) mass is 376 g/mol. The SMILES string of the molecule is S=C(NCc1ccco1)NNCC1=CCCN1Cc1ccc(Cl)cc1. The summed E-state index contributed by atoms with van der Waals surface area (Å²) in [6.45, 7) is 3.18. The Morgan fingerprint density at radius 1 is 1.20 bits per heavy atom. The molecule has 0 bridgehead atoms. The lowest BCUT2D eigenvalue weighted by molar-refractivity contribution is 0.355. The minimum atomic E-state index is 0.541. The summed E-state index contributed by atoms with van der Waals surface area (Å²) in [6, 6.07) is 11.8. The van der Waals surface area contributed by atoms with Crippen LogP contribution in [0.5, 0.6) is 0 Å². The first kappa shape index (κ1) is 17.8. The third-order valence-corrected chi connectivity index (χ3v) is 4.44. The third-order valence-electron chi connectivity index (χ3n) is 3.95. The average Bonchev–Trinajstić information content (AvgIpc) is 3.27. The Balaban J connectivity index is 1.39. The molecule has 2 aromatic rings. The van der Waals surface area contributed by atoms with Gasteiger partial charge in [-0.15, -0.1) is 0 Å². The van der Waals surface area contributed by atoms with Crippen molar-refractivity contribution in [3.05, 3.63) is 70.8 Å². The van der Waals surface area contributed by atoms with Gasteiger partial charge in [-0.3, -0.25) is 5.43 Å². The molecule has 3 rings (SSSR count). The smallest absolute Gasteiger partial charge is 0.181 e. The maximum atomic E-state index is 5.95. The summed E-state index contributed by atoms with van der Waals surface area (Å²) >= 11 is 11.2. The minimum Gasteiger partial charge on any atom is -0.467 e. The van der Waals surface area contributed by atoms with Gasteiger partial charge in [0, 0.05) is 23.8 Å². The number of benzene rings is 1. The number of halogens is 1. The van der Waals surface area contributed by atoms with Crippen LogP contribution in [0.1, 0.15) is 17.7 Å². The molecule has 0 fully saturated rings. The number of thiocarbonyl (C=S) groups is 1. The van der Waals surface area contributed by atoms with E-state index in [1.165, 1.54) is 11.3 Å². The topological polar surface area (TPSA) is 52.5 Å². The summed E-state index contributed by atoms with van der Waals surface area (Å²) < 4.78 is 5.25. The van der Waals surface area contributed by atoms with Crippen molar-refractivity contribution in [3.63, 3.8) is 0 Å². The Morgan fingerprint density at radius 3 is 2.80 bits per heavy atom. The molecule has 0 unspecified atom stereocenters. The van der Waals surface area contributed by atoms with Crippen molar-refractivity contribution in [2.45, 2.75) is 19.5 Å². The molecule has 1 aromatic heterocycles. The number of hydrogen-bond donors (Lipinski definition) is 3. The molecule has 0 saturated heterocycles. The predicted octanol–water partition coefficient (Wildman–Crippen LogP) is 3.19. The molecule has 0 saturated carbocycles. The zero-order valence-corrected chi connectivity index (χ0v) is 15.4. The molecular weight excluding hydrogens is 356 g/mol. The lowest BCUT2D eigenvalue weighted by Gasteiger charge is -2.23. The second-order valence-electron chi connectivity index (χ2n) is 5.77. The fourth-order valence-corrected chi connectivity index (χ4v) is 2.94. The van der Waals surface area contributed by atoms with Gasteiger partial charge in [0.05, 0.1) is 19.4 Å². The first-order valence-corrected chi connectivity index (χ1v) is 8.97. The Kier molecular flexibility index (Phi) is 6.33. The predicted molar refractivity (Wildman–Crippen MR) is 104 cm³/mol. The zero-order valence-electron chi connectivity index (χ0n) is 13.8. The van der Waals surface area contributed by atoms with Crippen LogP contribution in [0.15, 0.2) is 58.9 Å². The van der Waals surface area contributed by atoms with Crippen LogP contribution in [-0.4, -0.2) is 23.1 Å². The van der Waals surface area contributed by atoms with Crippen molar-refractivity contribution in [1.82, 2.24) is 21.1 Å². The Bertz CT molecular complexity index is 715. The quantitative estimate of drug-likeness (QED) is 0.509. The molecule has 0 radical (unpaired) electrons. The molecule has 0 amide bonds. The first-order valence-electron chi connectivity index (χ1n) is 8.18. The molecule has 1 aromatic carbocycles. The van der Waals surface area contributed by atoms with Gasteiger partial charge in [-0.25, -0.2) is 5.43 Å². The third kappa shape index (κ3) is 5.49. The normalized spacial score (nSPS) is 13.6. The number of rotatable bonds is 7. The molecule has 3 N–H and O–H groups in total. The molecule has 2 heterocycles. The van der Waals surface area contributed by atoms with Gasteiger partial charge in [-0.05, 0) is 48.5 Å². The Hall–Kier alpha value is -2.02. The molecule has 5 nitrogen and oxygen atoms in total. The number of hydrogen-bond acceptors (Lipinski definition) is 4. The highest BCUT2D eigenvalue weighted by atomic mass is 35.5. The van der Waals surface area contributed by atoms with E-state index in [-0.39, 0.29) is 0 Å². The van der Waals surface area contributed by atoms with Crippen molar-refractivity contribution in [2.75, 3.05) is 13.1 Å². The van der Waals surface area contributed by atoms with Gasteiger partial charge in [0.15, 0.2) is 5.11 Å². The van der Waals surface area contributed by atoms with Crippen molar-refractivity contribution < 1.29 is 4.42 Å². The lowest BCUT2D eigenvalue weighted by atomic mass is 10.2. The lowest BCUT2D eigenvalue weighted by Crippen LogP contribution is -2.45. The van der Waals surface area contributed by atoms with Crippen LogP contribution >= 0.6 is 23.8 Å². The molecule has 1 aliphatic heterocycles. The molecule has 7 heteroatoms. The van der Waals surface area contributed by atoms with Gasteiger partial charge in [-0.1, -0.05) is 29.8 Å². The van der Waals surface area contributed by atoms with Crippen LogP contribution < -0.4 is 16.2 Å². The molecule has 1 aliphatic rings. The Morgan fingerprint density at radius 2 is 2.04 bits per heavy atom. The molecule has 0 aliphatic carbocycles. The van der Waals surface area contributed by atoms with Gasteiger partial charge in [0.1, 0.15) is 5.76 Å². The van der Waals surface area contributed by atoms with Gasteiger partial charge in [0.25, 0.3) is 0 Å². The highest BCUT2D eigenvalue weighted by Crippen LogP contribution is 2.18. The van der Waals surface area contributed by atoms with Crippen LogP contribution in [-0.2, 0) is 13.1 Å². The summed E-state index contributed by atoms with van der Waals surface area (Å²) in [5, 5.41) is 4.39. The summed E-state index contributed by atoms with van der Waals surface area (Å²) in [7, 11) is 0. The molecular formula is C18H21ClN4OS. The van der Waals surface area contributed by atoms with E-state index in [9.17, 15) is 0 Å². The maximum Gasteiger partial charge on any atom is 0.181 e. The van der Waals surface area contributed by atoms with Crippen LogP contribution in [0, 0.1) is 0 Å². The summed E-state index contributed by atoms with van der Waals surface area (Å²) in [5.74, 6) is 0.844. The zero-order chi connectivity index (χ0) is 17.5. The maximum absolute atomic E-state index is 5.95. The van der Waals surface area contributed by atoms with Crippen molar-refractivity contribution >= 4 is 28.9 Å². The molecule has 0 atom stereocenters. The average molecular weight is 377 g/mol. The fraction of sp³-hybridized carbons (Fsp3) is 0.278. The van der Waals surface area contributed by atoms with Crippen LogP contribution in [0.3, 0.4) is 0 Å². The van der Waals surface area contributed by atoms with E-state index in [1.54, 1.807) is 6.26 Å².